The highest BCUT2D eigenvalue weighted by Gasteiger charge is 2.02. The summed E-state index contributed by atoms with van der Waals surface area (Å²) in [6.07, 6.45) is 3.08. The molecule has 0 amide bonds. The zero-order valence-corrected chi connectivity index (χ0v) is 8.50. The van der Waals surface area contributed by atoms with Crippen molar-refractivity contribution in [2.75, 3.05) is 6.73 Å². The average molecular weight is 217 g/mol. The summed E-state index contributed by atoms with van der Waals surface area (Å²) in [4.78, 5) is 8.21. The van der Waals surface area contributed by atoms with Crippen molar-refractivity contribution >= 4 is 0 Å². The molecule has 1 heterocycles. The fourth-order valence-electron chi connectivity index (χ4n) is 1.28. The van der Waals surface area contributed by atoms with Crippen LogP contribution in [-0.4, -0.2) is 21.8 Å². The van der Waals surface area contributed by atoms with E-state index in [2.05, 4.69) is 9.97 Å². The van der Waals surface area contributed by atoms with E-state index in [1.807, 2.05) is 6.07 Å². The maximum absolute atomic E-state index is 9.32. The lowest BCUT2D eigenvalue weighted by molar-refractivity contribution is 0.327. The van der Waals surface area contributed by atoms with Crippen LogP contribution >= 0.6 is 0 Å². The van der Waals surface area contributed by atoms with Gasteiger partial charge in [-0.1, -0.05) is 12.1 Å². The molecule has 0 aliphatic rings. The molecule has 0 spiro atoms. The largest absolute Gasteiger partial charge is 0.508 e. The van der Waals surface area contributed by atoms with Crippen LogP contribution in [0.5, 0.6) is 11.5 Å². The third kappa shape index (κ3) is 2.26. The van der Waals surface area contributed by atoms with Gasteiger partial charge in [-0.2, -0.15) is 0 Å². The number of nitrogens with zero attached hydrogens (tertiary/aromatic N) is 2. The Morgan fingerprint density at radius 2 is 2.00 bits per heavy atom. The van der Waals surface area contributed by atoms with E-state index in [1.54, 1.807) is 30.6 Å². The molecule has 16 heavy (non-hydrogen) atoms. The SMILES string of the molecule is NCOc1cnc(-c2cccc(O)c2)nc1. The van der Waals surface area contributed by atoms with E-state index >= 15 is 0 Å². The van der Waals surface area contributed by atoms with Gasteiger partial charge in [0.2, 0.25) is 0 Å². The molecule has 0 atom stereocenters. The Labute approximate surface area is 92.5 Å². The molecular formula is C11H11N3O2. The number of benzene rings is 1. The van der Waals surface area contributed by atoms with E-state index in [0.717, 1.165) is 5.56 Å². The van der Waals surface area contributed by atoms with Crippen molar-refractivity contribution < 1.29 is 9.84 Å². The Kier molecular flexibility index (Phi) is 2.98. The standard InChI is InChI=1S/C11H11N3O2/c12-7-16-10-5-13-11(14-6-10)8-2-1-3-9(15)4-8/h1-6,15H,7,12H2. The first-order chi connectivity index (χ1) is 7.79. The lowest BCUT2D eigenvalue weighted by atomic mass is 10.2. The first-order valence-electron chi connectivity index (χ1n) is 4.74. The highest BCUT2D eigenvalue weighted by Crippen LogP contribution is 2.20. The summed E-state index contributed by atoms with van der Waals surface area (Å²) < 4.78 is 5.02. The predicted octanol–water partition coefficient (Wildman–Crippen LogP) is 1.14. The predicted molar refractivity (Wildman–Crippen MR) is 58.8 cm³/mol. The first-order valence-corrected chi connectivity index (χ1v) is 4.74. The topological polar surface area (TPSA) is 81.3 Å². The van der Waals surface area contributed by atoms with Crippen LogP contribution < -0.4 is 10.5 Å². The van der Waals surface area contributed by atoms with Crippen molar-refractivity contribution in [3.8, 4) is 22.9 Å². The number of hydrogen-bond acceptors (Lipinski definition) is 5. The Balaban J connectivity index is 2.27. The van der Waals surface area contributed by atoms with Gasteiger partial charge in [0.05, 0.1) is 12.4 Å². The monoisotopic (exact) mass is 217 g/mol. The zero-order chi connectivity index (χ0) is 11.4. The third-order valence-corrected chi connectivity index (χ3v) is 1.98. The van der Waals surface area contributed by atoms with Gasteiger partial charge in [-0.3, -0.25) is 5.73 Å². The molecule has 0 aliphatic heterocycles. The first kappa shape index (κ1) is 10.4. The van der Waals surface area contributed by atoms with Crippen molar-refractivity contribution in [2.24, 2.45) is 5.73 Å². The summed E-state index contributed by atoms with van der Waals surface area (Å²) in [6, 6.07) is 6.74. The van der Waals surface area contributed by atoms with Crippen LogP contribution in [0.1, 0.15) is 0 Å². The van der Waals surface area contributed by atoms with Crippen LogP contribution in [0.15, 0.2) is 36.7 Å². The Bertz CT molecular complexity index is 471. The van der Waals surface area contributed by atoms with Gasteiger partial charge in [0, 0.05) is 5.56 Å². The molecule has 0 bridgehead atoms. The second kappa shape index (κ2) is 4.59. The Morgan fingerprint density at radius 1 is 1.25 bits per heavy atom. The molecule has 0 radical (unpaired) electrons. The van der Waals surface area contributed by atoms with Crippen molar-refractivity contribution in [2.45, 2.75) is 0 Å². The molecule has 1 aromatic carbocycles. The number of hydrogen-bond donors (Lipinski definition) is 2. The molecule has 1 aromatic heterocycles. The number of nitrogens with two attached hydrogens (primary N) is 1. The molecule has 0 aliphatic carbocycles. The van der Waals surface area contributed by atoms with Gasteiger partial charge in [-0.05, 0) is 12.1 Å². The van der Waals surface area contributed by atoms with E-state index in [9.17, 15) is 5.11 Å². The number of aromatic nitrogens is 2. The molecule has 0 saturated heterocycles. The van der Waals surface area contributed by atoms with Crippen molar-refractivity contribution in [3.63, 3.8) is 0 Å². The number of rotatable bonds is 3. The fraction of sp³-hybridized carbons (Fsp3) is 0.0909. The van der Waals surface area contributed by atoms with Crippen molar-refractivity contribution in [1.82, 2.24) is 9.97 Å². The lowest BCUT2D eigenvalue weighted by Crippen LogP contribution is -2.07. The molecule has 0 fully saturated rings. The Hall–Kier alpha value is -2.14. The maximum Gasteiger partial charge on any atom is 0.159 e. The quantitative estimate of drug-likeness (QED) is 0.753. The minimum absolute atomic E-state index is 0.0921. The van der Waals surface area contributed by atoms with Gasteiger partial charge in [0.25, 0.3) is 0 Å². The number of aromatic hydroxyl groups is 1. The zero-order valence-electron chi connectivity index (χ0n) is 8.50. The van der Waals surface area contributed by atoms with Crippen LogP contribution in [0, 0.1) is 0 Å². The van der Waals surface area contributed by atoms with E-state index in [0.29, 0.717) is 11.6 Å². The molecule has 2 rings (SSSR count). The molecule has 5 nitrogen and oxygen atoms in total. The van der Waals surface area contributed by atoms with E-state index < -0.39 is 0 Å². The molecular weight excluding hydrogens is 206 g/mol. The van der Waals surface area contributed by atoms with E-state index in [1.165, 1.54) is 0 Å². The number of ether oxygens (including phenoxy) is 1. The van der Waals surface area contributed by atoms with Crippen LogP contribution in [-0.2, 0) is 0 Å². The second-order valence-electron chi connectivity index (χ2n) is 3.10. The highest BCUT2D eigenvalue weighted by atomic mass is 16.5. The molecule has 0 saturated carbocycles. The summed E-state index contributed by atoms with van der Waals surface area (Å²) in [5, 5.41) is 9.32. The van der Waals surface area contributed by atoms with Crippen molar-refractivity contribution in [1.29, 1.82) is 0 Å². The minimum Gasteiger partial charge on any atom is -0.508 e. The fourth-order valence-corrected chi connectivity index (χ4v) is 1.28. The minimum atomic E-state index is 0.0921. The molecule has 5 heteroatoms. The van der Waals surface area contributed by atoms with Gasteiger partial charge in [0.1, 0.15) is 12.5 Å². The Morgan fingerprint density at radius 3 is 2.62 bits per heavy atom. The smallest absolute Gasteiger partial charge is 0.159 e. The molecule has 82 valence electrons. The summed E-state index contributed by atoms with van der Waals surface area (Å²) >= 11 is 0. The third-order valence-electron chi connectivity index (χ3n) is 1.98. The van der Waals surface area contributed by atoms with Crippen LogP contribution in [0.4, 0.5) is 0 Å². The van der Waals surface area contributed by atoms with Crippen LogP contribution in [0.2, 0.25) is 0 Å². The van der Waals surface area contributed by atoms with E-state index in [-0.39, 0.29) is 12.5 Å². The summed E-state index contributed by atoms with van der Waals surface area (Å²) in [5.41, 5.74) is 5.97. The van der Waals surface area contributed by atoms with Crippen LogP contribution in [0.25, 0.3) is 11.4 Å². The van der Waals surface area contributed by atoms with Gasteiger partial charge >= 0.3 is 0 Å². The summed E-state index contributed by atoms with van der Waals surface area (Å²) in [7, 11) is 0. The normalized spacial score (nSPS) is 10.1. The molecule has 0 unspecified atom stereocenters. The molecule has 2 aromatic rings. The van der Waals surface area contributed by atoms with E-state index in [4.69, 9.17) is 10.5 Å². The van der Waals surface area contributed by atoms with Gasteiger partial charge in [-0.25, -0.2) is 9.97 Å². The van der Waals surface area contributed by atoms with Gasteiger partial charge < -0.3 is 9.84 Å². The summed E-state index contributed by atoms with van der Waals surface area (Å²) in [5.74, 6) is 1.23. The lowest BCUT2D eigenvalue weighted by Gasteiger charge is -2.03. The second-order valence-corrected chi connectivity index (χ2v) is 3.10. The highest BCUT2D eigenvalue weighted by molar-refractivity contribution is 5.57. The van der Waals surface area contributed by atoms with Crippen LogP contribution in [0.3, 0.4) is 0 Å². The maximum atomic E-state index is 9.32. The number of phenols is 1. The summed E-state index contributed by atoms with van der Waals surface area (Å²) in [6.45, 7) is 0.0921. The molecule has 3 N–H and O–H groups in total. The van der Waals surface area contributed by atoms with Crippen molar-refractivity contribution in [3.05, 3.63) is 36.7 Å². The van der Waals surface area contributed by atoms with Gasteiger partial charge in [0.15, 0.2) is 11.6 Å². The van der Waals surface area contributed by atoms with Gasteiger partial charge in [-0.15, -0.1) is 0 Å². The number of phenolic OH excluding ortho intramolecular Hbond substituents is 1. The average Bonchev–Trinajstić information content (AvgIpc) is 2.30.